The first-order chi connectivity index (χ1) is 6.67. The quantitative estimate of drug-likeness (QED) is 0.449. The Hall–Kier alpha value is -1.14. The molecule has 0 aromatic carbocycles. The molecule has 0 saturated carbocycles. The summed E-state index contributed by atoms with van der Waals surface area (Å²) in [6.07, 6.45) is 0. The smallest absolute Gasteiger partial charge is 0.312 e. The molecule has 82 valence electrons. The predicted molar refractivity (Wildman–Crippen MR) is 49.4 cm³/mol. The molecule has 14 heavy (non-hydrogen) atoms. The predicted octanol–water partition coefficient (Wildman–Crippen LogP) is -2.06. The summed E-state index contributed by atoms with van der Waals surface area (Å²) >= 11 is 0. The Bertz CT molecular complexity index is 190. The maximum atomic E-state index is 11.3. The van der Waals surface area contributed by atoms with Gasteiger partial charge >= 0.3 is 11.8 Å². The van der Waals surface area contributed by atoms with E-state index in [2.05, 4.69) is 5.32 Å². The molecule has 2 amide bonds. The number of hydrogen-bond donors (Lipinski definition) is 3. The van der Waals surface area contributed by atoms with Gasteiger partial charge in [-0.1, -0.05) is 0 Å². The van der Waals surface area contributed by atoms with Gasteiger partial charge in [-0.15, -0.1) is 0 Å². The molecule has 0 spiro atoms. The second kappa shape index (κ2) is 7.28. The highest BCUT2D eigenvalue weighted by Gasteiger charge is 2.19. The summed E-state index contributed by atoms with van der Waals surface area (Å²) in [5.41, 5.74) is 0. The van der Waals surface area contributed by atoms with Crippen LogP contribution in [-0.4, -0.2) is 59.8 Å². The molecule has 0 radical (unpaired) electrons. The maximum Gasteiger partial charge on any atom is 0.312 e. The summed E-state index contributed by atoms with van der Waals surface area (Å²) in [6.45, 7) is 1.72. The first kappa shape index (κ1) is 12.9. The Labute approximate surface area is 82.5 Å². The molecule has 6 heteroatoms. The standard InChI is InChI=1S/C8H16N2O4/c1-2-9-7(13)8(14)10(3-5-11)4-6-12/h11-12H,2-6H2,1H3,(H,9,13). The van der Waals surface area contributed by atoms with Gasteiger partial charge in [0.1, 0.15) is 0 Å². The van der Waals surface area contributed by atoms with E-state index in [1.165, 1.54) is 0 Å². The highest BCUT2D eigenvalue weighted by atomic mass is 16.3. The van der Waals surface area contributed by atoms with Crippen molar-refractivity contribution < 1.29 is 19.8 Å². The van der Waals surface area contributed by atoms with E-state index in [4.69, 9.17) is 10.2 Å². The van der Waals surface area contributed by atoms with Crippen molar-refractivity contribution in [3.05, 3.63) is 0 Å². The summed E-state index contributed by atoms with van der Waals surface area (Å²) in [7, 11) is 0. The number of nitrogens with zero attached hydrogens (tertiary/aromatic N) is 1. The van der Waals surface area contributed by atoms with Gasteiger partial charge < -0.3 is 20.4 Å². The number of aliphatic hydroxyl groups is 2. The van der Waals surface area contributed by atoms with Crippen LogP contribution in [-0.2, 0) is 9.59 Å². The molecular formula is C8H16N2O4. The normalized spacial score (nSPS) is 9.64. The molecule has 0 saturated heterocycles. The van der Waals surface area contributed by atoms with Gasteiger partial charge in [0.25, 0.3) is 0 Å². The second-order valence-electron chi connectivity index (χ2n) is 2.60. The average Bonchev–Trinajstić information content (AvgIpc) is 2.17. The summed E-state index contributed by atoms with van der Waals surface area (Å²) < 4.78 is 0. The highest BCUT2D eigenvalue weighted by molar-refractivity contribution is 6.34. The van der Waals surface area contributed by atoms with Crippen LogP contribution in [0.3, 0.4) is 0 Å². The molecule has 0 heterocycles. The first-order valence-corrected chi connectivity index (χ1v) is 4.46. The maximum absolute atomic E-state index is 11.3. The van der Waals surface area contributed by atoms with Crippen LogP contribution in [0, 0.1) is 0 Å². The molecule has 0 atom stereocenters. The van der Waals surface area contributed by atoms with Gasteiger partial charge in [-0.05, 0) is 6.92 Å². The van der Waals surface area contributed by atoms with Crippen LogP contribution in [0.25, 0.3) is 0 Å². The van der Waals surface area contributed by atoms with Crippen molar-refractivity contribution in [1.29, 1.82) is 0 Å². The Balaban J connectivity index is 4.19. The molecule has 6 nitrogen and oxygen atoms in total. The second-order valence-corrected chi connectivity index (χ2v) is 2.60. The molecule has 0 aliphatic carbocycles. The van der Waals surface area contributed by atoms with Gasteiger partial charge in [0.15, 0.2) is 0 Å². The Morgan fingerprint density at radius 3 is 2.07 bits per heavy atom. The molecule has 0 aliphatic heterocycles. The van der Waals surface area contributed by atoms with E-state index in [1.807, 2.05) is 0 Å². The number of hydrogen-bond acceptors (Lipinski definition) is 4. The lowest BCUT2D eigenvalue weighted by Crippen LogP contribution is -2.45. The fourth-order valence-corrected chi connectivity index (χ4v) is 0.936. The Kier molecular flexibility index (Phi) is 6.69. The van der Waals surface area contributed by atoms with Crippen LogP contribution in [0.2, 0.25) is 0 Å². The molecule has 0 bridgehead atoms. The van der Waals surface area contributed by atoms with Crippen molar-refractivity contribution in [1.82, 2.24) is 10.2 Å². The zero-order valence-corrected chi connectivity index (χ0v) is 8.19. The number of rotatable bonds is 5. The Morgan fingerprint density at radius 2 is 1.71 bits per heavy atom. The van der Waals surface area contributed by atoms with Gasteiger partial charge in [-0.3, -0.25) is 9.59 Å². The van der Waals surface area contributed by atoms with Crippen LogP contribution < -0.4 is 5.32 Å². The van der Waals surface area contributed by atoms with Crippen molar-refractivity contribution in [2.45, 2.75) is 6.92 Å². The number of amides is 2. The number of aliphatic hydroxyl groups excluding tert-OH is 2. The van der Waals surface area contributed by atoms with Gasteiger partial charge in [0.05, 0.1) is 13.2 Å². The van der Waals surface area contributed by atoms with E-state index >= 15 is 0 Å². The van der Waals surface area contributed by atoms with E-state index in [0.29, 0.717) is 6.54 Å². The van der Waals surface area contributed by atoms with E-state index in [-0.39, 0.29) is 26.3 Å². The van der Waals surface area contributed by atoms with Crippen molar-refractivity contribution >= 4 is 11.8 Å². The van der Waals surface area contributed by atoms with Gasteiger partial charge in [0, 0.05) is 19.6 Å². The summed E-state index contributed by atoms with van der Waals surface area (Å²) in [5, 5.41) is 19.6. The zero-order valence-electron chi connectivity index (χ0n) is 8.19. The number of carbonyl (C=O) groups excluding carboxylic acids is 2. The number of nitrogens with one attached hydrogen (secondary N) is 1. The largest absolute Gasteiger partial charge is 0.395 e. The summed E-state index contributed by atoms with van der Waals surface area (Å²) in [4.78, 5) is 23.5. The molecular weight excluding hydrogens is 188 g/mol. The zero-order chi connectivity index (χ0) is 11.0. The molecule has 0 unspecified atom stereocenters. The molecule has 0 aliphatic rings. The van der Waals surface area contributed by atoms with Crippen LogP contribution in [0.15, 0.2) is 0 Å². The fraction of sp³-hybridized carbons (Fsp3) is 0.750. The van der Waals surface area contributed by atoms with E-state index in [0.717, 1.165) is 4.90 Å². The minimum Gasteiger partial charge on any atom is -0.395 e. The van der Waals surface area contributed by atoms with Crippen molar-refractivity contribution in [3.63, 3.8) is 0 Å². The van der Waals surface area contributed by atoms with Crippen LogP contribution in [0.5, 0.6) is 0 Å². The van der Waals surface area contributed by atoms with Crippen molar-refractivity contribution in [2.75, 3.05) is 32.8 Å². The number of likely N-dealkylation sites (N-methyl/N-ethyl adjacent to an activating group) is 1. The lowest BCUT2D eigenvalue weighted by molar-refractivity contribution is -0.146. The third-order valence-electron chi connectivity index (χ3n) is 1.56. The summed E-state index contributed by atoms with van der Waals surface area (Å²) in [6, 6.07) is 0. The third kappa shape index (κ3) is 4.20. The van der Waals surface area contributed by atoms with Gasteiger partial charge in [-0.2, -0.15) is 0 Å². The summed E-state index contributed by atoms with van der Waals surface area (Å²) in [5.74, 6) is -1.44. The van der Waals surface area contributed by atoms with E-state index < -0.39 is 11.8 Å². The van der Waals surface area contributed by atoms with E-state index in [9.17, 15) is 9.59 Å². The molecule has 0 fully saturated rings. The Morgan fingerprint density at radius 1 is 1.21 bits per heavy atom. The molecule has 3 N–H and O–H groups in total. The SMILES string of the molecule is CCNC(=O)C(=O)N(CCO)CCO. The van der Waals surface area contributed by atoms with Crippen LogP contribution in [0.4, 0.5) is 0 Å². The van der Waals surface area contributed by atoms with E-state index in [1.54, 1.807) is 6.92 Å². The average molecular weight is 204 g/mol. The van der Waals surface area contributed by atoms with Crippen molar-refractivity contribution in [3.8, 4) is 0 Å². The fourth-order valence-electron chi connectivity index (χ4n) is 0.936. The molecule has 0 rings (SSSR count). The first-order valence-electron chi connectivity index (χ1n) is 4.46. The minimum absolute atomic E-state index is 0.0521. The molecule has 0 aromatic heterocycles. The lowest BCUT2D eigenvalue weighted by atomic mass is 10.4. The third-order valence-corrected chi connectivity index (χ3v) is 1.56. The lowest BCUT2D eigenvalue weighted by Gasteiger charge is -2.19. The highest BCUT2D eigenvalue weighted by Crippen LogP contribution is 1.89. The molecule has 0 aromatic rings. The minimum atomic E-state index is -0.727. The van der Waals surface area contributed by atoms with Gasteiger partial charge in [0.2, 0.25) is 0 Å². The van der Waals surface area contributed by atoms with Crippen molar-refractivity contribution in [2.24, 2.45) is 0 Å². The van der Waals surface area contributed by atoms with Crippen LogP contribution >= 0.6 is 0 Å². The topological polar surface area (TPSA) is 89.9 Å². The number of carbonyl (C=O) groups is 2. The van der Waals surface area contributed by atoms with Crippen LogP contribution in [0.1, 0.15) is 6.92 Å². The van der Waals surface area contributed by atoms with Gasteiger partial charge in [-0.25, -0.2) is 0 Å². The monoisotopic (exact) mass is 204 g/mol.